The lowest BCUT2D eigenvalue weighted by Crippen LogP contribution is -2.57. The fourth-order valence-electron chi connectivity index (χ4n) is 3.62. The molecular formula is C19H24N2O4S2. The molecule has 3 rings (SSSR count). The van der Waals surface area contributed by atoms with Crippen LogP contribution in [0.25, 0.3) is 0 Å². The average Bonchev–Trinajstić information content (AvgIpc) is 2.81. The lowest BCUT2D eigenvalue weighted by Gasteiger charge is -2.39. The number of amides is 2. The third-order valence-electron chi connectivity index (χ3n) is 5.02. The highest BCUT2D eigenvalue weighted by molar-refractivity contribution is 7.99. The Morgan fingerprint density at radius 2 is 2.00 bits per heavy atom. The van der Waals surface area contributed by atoms with Gasteiger partial charge in [-0.15, -0.1) is 11.8 Å². The number of hydrogen-bond acceptors (Lipinski definition) is 5. The first-order valence-electron chi connectivity index (χ1n) is 9.16. The second-order valence-electron chi connectivity index (χ2n) is 6.91. The van der Waals surface area contributed by atoms with Crippen LogP contribution in [0.4, 0.5) is 0 Å². The van der Waals surface area contributed by atoms with Crippen molar-refractivity contribution in [3.63, 3.8) is 0 Å². The number of rotatable bonds is 5. The van der Waals surface area contributed by atoms with E-state index in [0.717, 1.165) is 18.4 Å². The summed E-state index contributed by atoms with van der Waals surface area (Å²) in [6, 6.07) is 8.08. The molecule has 2 aliphatic rings. The summed E-state index contributed by atoms with van der Waals surface area (Å²) >= 11 is 6.01. The third kappa shape index (κ3) is 4.79. The monoisotopic (exact) mass is 408 g/mol. The van der Waals surface area contributed by atoms with Gasteiger partial charge < -0.3 is 15.3 Å². The van der Waals surface area contributed by atoms with Crippen molar-refractivity contribution in [2.75, 3.05) is 5.75 Å². The number of thiol groups is 1. The van der Waals surface area contributed by atoms with Gasteiger partial charge in [0.15, 0.2) is 0 Å². The summed E-state index contributed by atoms with van der Waals surface area (Å²) in [5.41, 5.74) is 0.998. The summed E-state index contributed by atoms with van der Waals surface area (Å²) in [4.78, 5) is 38.7. The van der Waals surface area contributed by atoms with Crippen LogP contribution in [-0.4, -0.2) is 56.3 Å². The van der Waals surface area contributed by atoms with Crippen molar-refractivity contribution >= 4 is 42.2 Å². The Labute approximate surface area is 168 Å². The van der Waals surface area contributed by atoms with E-state index < -0.39 is 23.3 Å². The molecule has 8 heteroatoms. The zero-order valence-corrected chi connectivity index (χ0v) is 16.6. The van der Waals surface area contributed by atoms with Crippen molar-refractivity contribution in [3.8, 4) is 0 Å². The molecule has 0 aromatic heterocycles. The number of thioether (sulfide) groups is 1. The van der Waals surface area contributed by atoms with Gasteiger partial charge in [0, 0.05) is 0 Å². The molecular weight excluding hydrogens is 384 g/mol. The van der Waals surface area contributed by atoms with Crippen LogP contribution in [0.1, 0.15) is 31.2 Å². The van der Waals surface area contributed by atoms with E-state index >= 15 is 0 Å². The van der Waals surface area contributed by atoms with E-state index in [4.69, 9.17) is 0 Å². The Hall–Kier alpha value is -1.67. The Morgan fingerprint density at radius 1 is 1.26 bits per heavy atom. The fraction of sp³-hybridized carbons (Fsp3) is 0.526. The van der Waals surface area contributed by atoms with Crippen LogP contribution in [-0.2, 0) is 20.8 Å². The zero-order chi connectivity index (χ0) is 19.4. The van der Waals surface area contributed by atoms with Crippen LogP contribution in [0.3, 0.4) is 0 Å². The molecule has 1 unspecified atom stereocenters. The zero-order valence-electron chi connectivity index (χ0n) is 14.9. The highest BCUT2D eigenvalue weighted by atomic mass is 32.2. The number of carbonyl (C=O) groups is 3. The molecule has 146 valence electrons. The molecule has 6 nitrogen and oxygen atoms in total. The van der Waals surface area contributed by atoms with Crippen LogP contribution in [0, 0.1) is 0 Å². The van der Waals surface area contributed by atoms with Crippen LogP contribution in [0.5, 0.6) is 0 Å². The summed E-state index contributed by atoms with van der Waals surface area (Å²) in [5, 5.41) is 11.6. The van der Waals surface area contributed by atoms with Gasteiger partial charge >= 0.3 is 5.97 Å². The predicted octanol–water partition coefficient (Wildman–Crippen LogP) is 1.94. The summed E-state index contributed by atoms with van der Waals surface area (Å²) < 4.78 is 0. The van der Waals surface area contributed by atoms with Crippen LogP contribution in [0.15, 0.2) is 30.3 Å². The number of benzene rings is 1. The van der Waals surface area contributed by atoms with Crippen molar-refractivity contribution in [2.24, 2.45) is 0 Å². The Kier molecular flexibility index (Phi) is 6.70. The van der Waals surface area contributed by atoms with Gasteiger partial charge in [-0.05, 0) is 43.4 Å². The first-order chi connectivity index (χ1) is 13.0. The molecule has 4 atom stereocenters. The van der Waals surface area contributed by atoms with Crippen LogP contribution in [0.2, 0.25) is 0 Å². The molecule has 27 heavy (non-hydrogen) atoms. The first kappa shape index (κ1) is 20.1. The number of carbonyl (C=O) groups excluding carboxylic acids is 2. The van der Waals surface area contributed by atoms with Crippen molar-refractivity contribution in [3.05, 3.63) is 35.9 Å². The molecule has 2 N–H and O–H groups in total. The minimum Gasteiger partial charge on any atom is -0.480 e. The molecule has 1 aromatic rings. The quantitative estimate of drug-likeness (QED) is 0.648. The second-order valence-corrected chi connectivity index (χ2v) is 8.82. The number of carboxylic acid groups (broad SMARTS) is 1. The van der Waals surface area contributed by atoms with E-state index in [0.29, 0.717) is 25.0 Å². The van der Waals surface area contributed by atoms with Crippen molar-refractivity contribution in [1.82, 2.24) is 10.2 Å². The normalized spacial score (nSPS) is 26.6. The summed E-state index contributed by atoms with van der Waals surface area (Å²) in [6.07, 6.45) is 3.02. The number of aliphatic carboxylic acids is 1. The van der Waals surface area contributed by atoms with E-state index in [1.165, 1.54) is 4.90 Å². The highest BCUT2D eigenvalue weighted by Crippen LogP contribution is 2.34. The Morgan fingerprint density at radius 3 is 2.70 bits per heavy atom. The maximum Gasteiger partial charge on any atom is 0.326 e. The third-order valence-corrected chi connectivity index (χ3v) is 6.76. The summed E-state index contributed by atoms with van der Waals surface area (Å²) in [5.74, 6) is -0.851. The lowest BCUT2D eigenvalue weighted by atomic mass is 10.00. The largest absolute Gasteiger partial charge is 0.480 e. The van der Waals surface area contributed by atoms with Gasteiger partial charge in [0.05, 0.1) is 10.6 Å². The van der Waals surface area contributed by atoms with Gasteiger partial charge in [-0.25, -0.2) is 4.79 Å². The molecule has 1 aromatic carbocycles. The number of nitrogens with zero attached hydrogens (tertiary/aromatic N) is 1. The molecule has 0 saturated carbocycles. The topological polar surface area (TPSA) is 86.7 Å². The number of fused-ring (bicyclic) bond motifs is 1. The first-order valence-corrected chi connectivity index (χ1v) is 10.7. The van der Waals surface area contributed by atoms with Gasteiger partial charge in [-0.2, -0.15) is 12.6 Å². The van der Waals surface area contributed by atoms with Crippen LogP contribution < -0.4 is 5.32 Å². The summed E-state index contributed by atoms with van der Waals surface area (Å²) in [7, 11) is 0. The highest BCUT2D eigenvalue weighted by Gasteiger charge is 2.43. The van der Waals surface area contributed by atoms with E-state index in [1.54, 1.807) is 11.8 Å². The minimum atomic E-state index is -0.975. The van der Waals surface area contributed by atoms with Crippen LogP contribution >= 0.6 is 24.4 Å². The molecule has 0 bridgehead atoms. The molecule has 2 amide bonds. The van der Waals surface area contributed by atoms with E-state index in [2.05, 4.69) is 17.9 Å². The predicted molar refractivity (Wildman–Crippen MR) is 108 cm³/mol. The second kappa shape index (κ2) is 9.01. The lowest BCUT2D eigenvalue weighted by molar-refractivity contribution is -0.154. The maximum absolute atomic E-state index is 13.0. The van der Waals surface area contributed by atoms with E-state index in [9.17, 15) is 19.5 Å². The van der Waals surface area contributed by atoms with Crippen molar-refractivity contribution in [2.45, 2.75) is 54.8 Å². The van der Waals surface area contributed by atoms with E-state index in [1.807, 2.05) is 30.3 Å². The molecule has 0 spiro atoms. The number of piperidine rings is 1. The smallest absolute Gasteiger partial charge is 0.326 e. The maximum atomic E-state index is 13.0. The van der Waals surface area contributed by atoms with Gasteiger partial charge in [-0.3, -0.25) is 9.59 Å². The molecule has 2 aliphatic heterocycles. The molecule has 2 fully saturated rings. The van der Waals surface area contributed by atoms with Gasteiger partial charge in [0.25, 0.3) is 0 Å². The Bertz CT molecular complexity index is 700. The van der Waals surface area contributed by atoms with Gasteiger partial charge in [-0.1, -0.05) is 30.3 Å². The van der Waals surface area contributed by atoms with Gasteiger partial charge in [0.1, 0.15) is 12.1 Å². The molecule has 0 aliphatic carbocycles. The van der Waals surface area contributed by atoms with Crippen molar-refractivity contribution < 1.29 is 19.5 Å². The standard InChI is InChI=1S/C19H24N2O4S2/c22-17(15(26)11-12-5-2-1-3-6-12)20-13-9-10-27-16-8-4-7-14(19(24)25)21(16)18(13)23/h1-3,5-6,13-16,26H,4,7-11H2,(H,20,22)(H,24,25)/t13-,14-,15?,16+/m0/s1. The van der Waals surface area contributed by atoms with E-state index in [-0.39, 0.29) is 17.2 Å². The number of hydrogen-bond donors (Lipinski definition) is 3. The fourth-order valence-corrected chi connectivity index (χ4v) is 5.30. The SMILES string of the molecule is O=C(N[C@H]1CCS[C@@H]2CCC[C@@H](C(=O)O)N2C1=O)C(S)Cc1ccccc1. The number of carboxylic acids is 1. The Balaban J connectivity index is 1.67. The number of nitrogens with one attached hydrogen (secondary N) is 1. The summed E-state index contributed by atoms with van der Waals surface area (Å²) in [6.45, 7) is 0. The molecule has 2 heterocycles. The van der Waals surface area contributed by atoms with Gasteiger partial charge in [0.2, 0.25) is 11.8 Å². The minimum absolute atomic E-state index is 0.120. The molecule has 0 radical (unpaired) electrons. The molecule has 2 saturated heterocycles. The van der Waals surface area contributed by atoms with Crippen molar-refractivity contribution in [1.29, 1.82) is 0 Å². The average molecular weight is 409 g/mol.